The Morgan fingerprint density at radius 1 is 1.06 bits per heavy atom. The highest BCUT2D eigenvalue weighted by atomic mass is 19.1. The average molecular weight is 460 g/mol. The molecule has 5 rings (SSSR count). The SMILES string of the molecule is CC(CN(C)C1CCC(CCc2c[nH]c3ccc(-n4cnnc4)cc23)CC1)c1ccc(F)cc1. The molecule has 1 aliphatic carbocycles. The van der Waals surface area contributed by atoms with E-state index in [2.05, 4.69) is 58.4 Å². The summed E-state index contributed by atoms with van der Waals surface area (Å²) in [6.07, 6.45) is 13.1. The van der Waals surface area contributed by atoms with E-state index in [1.165, 1.54) is 54.1 Å². The third kappa shape index (κ3) is 5.07. The molecule has 1 unspecified atom stereocenters. The maximum Gasteiger partial charge on any atom is 0.123 e. The van der Waals surface area contributed by atoms with Gasteiger partial charge >= 0.3 is 0 Å². The summed E-state index contributed by atoms with van der Waals surface area (Å²) in [5, 5.41) is 9.15. The monoisotopic (exact) mass is 459 g/mol. The van der Waals surface area contributed by atoms with E-state index in [1.807, 2.05) is 16.7 Å². The highest BCUT2D eigenvalue weighted by Gasteiger charge is 2.25. The number of hydrogen-bond acceptors (Lipinski definition) is 3. The number of nitrogens with one attached hydrogen (secondary N) is 1. The predicted octanol–water partition coefficient (Wildman–Crippen LogP) is 6.11. The predicted molar refractivity (Wildman–Crippen MR) is 135 cm³/mol. The molecule has 2 aromatic carbocycles. The van der Waals surface area contributed by atoms with Gasteiger partial charge in [-0.25, -0.2) is 4.39 Å². The number of halogens is 1. The van der Waals surface area contributed by atoms with E-state index in [9.17, 15) is 4.39 Å². The van der Waals surface area contributed by atoms with Crippen molar-refractivity contribution in [3.8, 4) is 5.69 Å². The minimum Gasteiger partial charge on any atom is -0.361 e. The van der Waals surface area contributed by atoms with Crippen molar-refractivity contribution in [3.05, 3.63) is 78.3 Å². The first-order chi connectivity index (χ1) is 16.6. The van der Waals surface area contributed by atoms with Gasteiger partial charge in [-0.2, -0.15) is 0 Å². The molecule has 178 valence electrons. The van der Waals surface area contributed by atoms with E-state index in [0.717, 1.165) is 24.6 Å². The molecular formula is C28H34FN5. The lowest BCUT2D eigenvalue weighted by atomic mass is 9.82. The zero-order valence-electron chi connectivity index (χ0n) is 20.1. The van der Waals surface area contributed by atoms with Crippen molar-refractivity contribution < 1.29 is 4.39 Å². The van der Waals surface area contributed by atoms with Crippen molar-refractivity contribution in [1.29, 1.82) is 0 Å². The molecule has 5 nitrogen and oxygen atoms in total. The Morgan fingerprint density at radius 2 is 1.79 bits per heavy atom. The van der Waals surface area contributed by atoms with Crippen LogP contribution < -0.4 is 0 Å². The van der Waals surface area contributed by atoms with Crippen molar-refractivity contribution in [3.63, 3.8) is 0 Å². The summed E-state index contributed by atoms with van der Waals surface area (Å²) in [4.78, 5) is 5.96. The van der Waals surface area contributed by atoms with Gasteiger partial charge in [-0.05, 0) is 98.9 Å². The van der Waals surface area contributed by atoms with Gasteiger partial charge in [0.25, 0.3) is 0 Å². The lowest BCUT2D eigenvalue weighted by Crippen LogP contribution is -2.37. The van der Waals surface area contributed by atoms with Gasteiger partial charge in [0.1, 0.15) is 18.5 Å². The fourth-order valence-electron chi connectivity index (χ4n) is 5.58. The molecular weight excluding hydrogens is 425 g/mol. The van der Waals surface area contributed by atoms with E-state index in [1.54, 1.807) is 24.8 Å². The van der Waals surface area contributed by atoms with Crippen LogP contribution in [0.15, 0.2) is 61.3 Å². The zero-order chi connectivity index (χ0) is 23.5. The third-order valence-corrected chi connectivity index (χ3v) is 7.73. The van der Waals surface area contributed by atoms with Crippen molar-refractivity contribution in [1.82, 2.24) is 24.6 Å². The van der Waals surface area contributed by atoms with Gasteiger partial charge in [0.05, 0.1) is 0 Å². The lowest BCUT2D eigenvalue weighted by molar-refractivity contribution is 0.156. The minimum absolute atomic E-state index is 0.161. The molecule has 1 saturated carbocycles. The molecule has 1 aliphatic rings. The average Bonchev–Trinajstić information content (AvgIpc) is 3.53. The van der Waals surface area contributed by atoms with Gasteiger partial charge in [-0.15, -0.1) is 10.2 Å². The standard InChI is InChI=1S/C28H34FN5/c1-20(22-7-9-24(29)10-8-22)17-33(2)25-11-4-21(5-12-25)3-6-23-16-30-28-14-13-26(15-27(23)28)34-18-31-32-19-34/h7-10,13-16,18-21,25,30H,3-6,11-12,17H2,1-2H3. The largest absolute Gasteiger partial charge is 0.361 e. The number of benzene rings is 2. The fraction of sp³-hybridized carbons (Fsp3) is 0.429. The number of aromatic nitrogens is 4. The molecule has 0 bridgehead atoms. The van der Waals surface area contributed by atoms with Crippen LogP contribution in [-0.2, 0) is 6.42 Å². The van der Waals surface area contributed by atoms with Gasteiger partial charge in [0.2, 0.25) is 0 Å². The molecule has 1 N–H and O–H groups in total. The minimum atomic E-state index is -0.161. The molecule has 0 amide bonds. The summed E-state index contributed by atoms with van der Waals surface area (Å²) in [6, 6.07) is 14.1. The Morgan fingerprint density at radius 3 is 2.53 bits per heavy atom. The molecule has 2 aromatic heterocycles. The first-order valence-corrected chi connectivity index (χ1v) is 12.5. The second-order valence-corrected chi connectivity index (χ2v) is 10.0. The summed E-state index contributed by atoms with van der Waals surface area (Å²) in [6.45, 7) is 3.26. The number of fused-ring (bicyclic) bond motifs is 1. The van der Waals surface area contributed by atoms with Crippen LogP contribution in [0.5, 0.6) is 0 Å². The quantitative estimate of drug-likeness (QED) is 0.346. The van der Waals surface area contributed by atoms with Gasteiger partial charge in [-0.1, -0.05) is 19.1 Å². The molecule has 1 fully saturated rings. The first kappa shape index (κ1) is 22.8. The van der Waals surface area contributed by atoms with Crippen LogP contribution in [0.4, 0.5) is 4.39 Å². The molecule has 2 heterocycles. The number of aryl methyl sites for hydroxylation is 1. The molecule has 4 aromatic rings. The number of likely N-dealkylation sites (N-methyl/N-ethyl adjacent to an activating group) is 1. The summed E-state index contributed by atoms with van der Waals surface area (Å²) in [5.41, 5.74) is 4.90. The van der Waals surface area contributed by atoms with E-state index in [4.69, 9.17) is 0 Å². The Labute approximate surface area is 201 Å². The number of rotatable bonds is 8. The topological polar surface area (TPSA) is 49.7 Å². The Balaban J connectivity index is 1.13. The number of nitrogens with zero attached hydrogens (tertiary/aromatic N) is 4. The van der Waals surface area contributed by atoms with Gasteiger partial charge < -0.3 is 9.88 Å². The maximum absolute atomic E-state index is 13.2. The van der Waals surface area contributed by atoms with Crippen LogP contribution in [0.25, 0.3) is 16.6 Å². The molecule has 0 spiro atoms. The van der Waals surface area contributed by atoms with Crippen LogP contribution in [0.3, 0.4) is 0 Å². The van der Waals surface area contributed by atoms with E-state index >= 15 is 0 Å². The van der Waals surface area contributed by atoms with Crippen LogP contribution in [0, 0.1) is 11.7 Å². The van der Waals surface area contributed by atoms with Crippen LogP contribution >= 0.6 is 0 Å². The molecule has 6 heteroatoms. The van der Waals surface area contributed by atoms with Gasteiger partial charge in [-0.3, -0.25) is 4.57 Å². The van der Waals surface area contributed by atoms with Crippen molar-refractivity contribution in [2.45, 2.75) is 57.4 Å². The number of aromatic amines is 1. The van der Waals surface area contributed by atoms with Crippen LogP contribution in [-0.4, -0.2) is 44.3 Å². The summed E-state index contributed by atoms with van der Waals surface area (Å²) >= 11 is 0. The summed E-state index contributed by atoms with van der Waals surface area (Å²) < 4.78 is 15.2. The van der Waals surface area contributed by atoms with Crippen LogP contribution in [0.1, 0.15) is 56.1 Å². The Kier molecular flexibility index (Phi) is 6.77. The van der Waals surface area contributed by atoms with Crippen molar-refractivity contribution in [2.75, 3.05) is 13.6 Å². The normalized spacial score (nSPS) is 19.6. The highest BCUT2D eigenvalue weighted by Crippen LogP contribution is 2.32. The van der Waals surface area contributed by atoms with E-state index in [0.29, 0.717) is 12.0 Å². The second kappa shape index (κ2) is 10.1. The maximum atomic E-state index is 13.2. The number of hydrogen-bond donors (Lipinski definition) is 1. The molecule has 1 atom stereocenters. The second-order valence-electron chi connectivity index (χ2n) is 10.0. The van der Waals surface area contributed by atoms with Gasteiger partial charge in [0, 0.05) is 35.4 Å². The molecule has 0 aliphatic heterocycles. The van der Waals surface area contributed by atoms with Gasteiger partial charge in [0.15, 0.2) is 0 Å². The fourth-order valence-corrected chi connectivity index (χ4v) is 5.58. The molecule has 34 heavy (non-hydrogen) atoms. The zero-order valence-corrected chi connectivity index (χ0v) is 20.1. The lowest BCUT2D eigenvalue weighted by Gasteiger charge is -2.36. The smallest absolute Gasteiger partial charge is 0.123 e. The Bertz CT molecular complexity index is 1190. The molecule has 0 radical (unpaired) electrons. The highest BCUT2D eigenvalue weighted by molar-refractivity contribution is 5.85. The van der Waals surface area contributed by atoms with Crippen molar-refractivity contribution >= 4 is 10.9 Å². The molecule has 0 saturated heterocycles. The van der Waals surface area contributed by atoms with Crippen molar-refractivity contribution in [2.24, 2.45) is 5.92 Å². The first-order valence-electron chi connectivity index (χ1n) is 12.5. The Hall–Kier alpha value is -2.99. The van der Waals surface area contributed by atoms with Crippen LogP contribution in [0.2, 0.25) is 0 Å². The van der Waals surface area contributed by atoms with E-state index < -0.39 is 0 Å². The third-order valence-electron chi connectivity index (χ3n) is 7.73. The number of H-pyrrole nitrogens is 1. The summed E-state index contributed by atoms with van der Waals surface area (Å²) in [7, 11) is 2.25. The summed E-state index contributed by atoms with van der Waals surface area (Å²) in [5.74, 6) is 1.05. The van der Waals surface area contributed by atoms with E-state index in [-0.39, 0.29) is 5.82 Å².